The second-order valence-electron chi connectivity index (χ2n) is 7.83. The molecule has 1 amide bonds. The first-order valence-corrected chi connectivity index (χ1v) is 12.5. The van der Waals surface area contributed by atoms with Crippen LogP contribution in [0, 0.1) is 6.92 Å². The molecule has 9 heteroatoms. The standard InChI is InChI=1S/C22H25N3O4S2/c1-15(2)18-7-6-17(19-14-30-16(3)23-19)13-21(18)31(27,28)25-10-8-24(9-11-25)22(26)20-5-4-12-29-20/h4-7,12-15H,8-11H2,1-3H3. The van der Waals surface area contributed by atoms with Crippen LogP contribution in [0.15, 0.2) is 51.3 Å². The van der Waals surface area contributed by atoms with Gasteiger partial charge in [-0.1, -0.05) is 26.0 Å². The highest BCUT2D eigenvalue weighted by molar-refractivity contribution is 7.89. The Hall–Kier alpha value is -2.49. The molecule has 1 fully saturated rings. The number of sulfonamides is 1. The van der Waals surface area contributed by atoms with E-state index in [1.807, 2.05) is 38.3 Å². The van der Waals surface area contributed by atoms with Crippen LogP contribution >= 0.6 is 11.3 Å². The van der Waals surface area contributed by atoms with Gasteiger partial charge in [0.2, 0.25) is 10.0 Å². The lowest BCUT2D eigenvalue weighted by Gasteiger charge is -2.34. The summed E-state index contributed by atoms with van der Waals surface area (Å²) >= 11 is 1.54. The van der Waals surface area contributed by atoms with Crippen LogP contribution in [-0.2, 0) is 10.0 Å². The van der Waals surface area contributed by atoms with Gasteiger partial charge < -0.3 is 9.32 Å². The van der Waals surface area contributed by atoms with Crippen LogP contribution in [0.25, 0.3) is 11.3 Å². The van der Waals surface area contributed by atoms with E-state index in [1.165, 1.54) is 21.9 Å². The van der Waals surface area contributed by atoms with Crippen LogP contribution in [0.3, 0.4) is 0 Å². The number of aryl methyl sites for hydroxylation is 1. The average Bonchev–Trinajstić information content (AvgIpc) is 3.45. The molecule has 1 aromatic carbocycles. The molecule has 3 heterocycles. The maximum absolute atomic E-state index is 13.6. The number of carbonyl (C=O) groups excluding carboxylic acids is 1. The van der Waals surface area contributed by atoms with E-state index < -0.39 is 10.0 Å². The molecular weight excluding hydrogens is 434 g/mol. The van der Waals surface area contributed by atoms with Gasteiger partial charge in [0.1, 0.15) is 0 Å². The second kappa shape index (κ2) is 8.57. The van der Waals surface area contributed by atoms with E-state index >= 15 is 0 Å². The van der Waals surface area contributed by atoms with E-state index in [4.69, 9.17) is 4.42 Å². The molecule has 0 spiro atoms. The number of hydrogen-bond acceptors (Lipinski definition) is 6. The van der Waals surface area contributed by atoms with Crippen molar-refractivity contribution in [1.29, 1.82) is 0 Å². The Morgan fingerprint density at radius 1 is 1.16 bits per heavy atom. The van der Waals surface area contributed by atoms with Crippen molar-refractivity contribution in [2.75, 3.05) is 26.2 Å². The van der Waals surface area contributed by atoms with E-state index in [-0.39, 0.29) is 30.7 Å². The van der Waals surface area contributed by atoms with Crippen LogP contribution in [0.1, 0.15) is 40.9 Å². The van der Waals surface area contributed by atoms with Gasteiger partial charge >= 0.3 is 0 Å². The van der Waals surface area contributed by atoms with Crippen LogP contribution in [0.5, 0.6) is 0 Å². The Labute approximate surface area is 186 Å². The zero-order valence-corrected chi connectivity index (χ0v) is 19.4. The Morgan fingerprint density at radius 2 is 1.90 bits per heavy atom. The van der Waals surface area contributed by atoms with Crippen molar-refractivity contribution < 1.29 is 17.6 Å². The van der Waals surface area contributed by atoms with Gasteiger partial charge in [-0.25, -0.2) is 13.4 Å². The number of thiazole rings is 1. The van der Waals surface area contributed by atoms with Gasteiger partial charge in [0.05, 0.1) is 21.9 Å². The van der Waals surface area contributed by atoms with E-state index in [2.05, 4.69) is 4.98 Å². The predicted molar refractivity (Wildman–Crippen MR) is 120 cm³/mol. The maximum Gasteiger partial charge on any atom is 0.289 e. The molecular formula is C22H25N3O4S2. The van der Waals surface area contributed by atoms with E-state index in [0.29, 0.717) is 18.0 Å². The number of nitrogens with zero attached hydrogens (tertiary/aromatic N) is 3. The molecule has 1 aliphatic heterocycles. The third kappa shape index (κ3) is 4.30. The maximum atomic E-state index is 13.6. The van der Waals surface area contributed by atoms with Gasteiger partial charge in [0.25, 0.3) is 5.91 Å². The quantitative estimate of drug-likeness (QED) is 0.576. The lowest BCUT2D eigenvalue weighted by Crippen LogP contribution is -2.50. The molecule has 4 rings (SSSR count). The fraction of sp³-hybridized carbons (Fsp3) is 0.364. The number of benzene rings is 1. The number of furan rings is 1. The monoisotopic (exact) mass is 459 g/mol. The fourth-order valence-electron chi connectivity index (χ4n) is 3.72. The van der Waals surface area contributed by atoms with Crippen LogP contribution in [0.4, 0.5) is 0 Å². The summed E-state index contributed by atoms with van der Waals surface area (Å²) in [6.45, 7) is 7.03. The molecule has 0 aliphatic carbocycles. The van der Waals surface area contributed by atoms with E-state index in [0.717, 1.165) is 21.8 Å². The minimum Gasteiger partial charge on any atom is -0.459 e. The number of amides is 1. The molecule has 0 atom stereocenters. The third-order valence-electron chi connectivity index (χ3n) is 5.43. The van der Waals surface area contributed by atoms with Crippen molar-refractivity contribution in [2.45, 2.75) is 31.6 Å². The van der Waals surface area contributed by atoms with Crippen molar-refractivity contribution in [3.8, 4) is 11.3 Å². The van der Waals surface area contributed by atoms with Gasteiger partial charge in [0, 0.05) is 37.1 Å². The zero-order valence-electron chi connectivity index (χ0n) is 17.7. The number of hydrogen-bond donors (Lipinski definition) is 0. The average molecular weight is 460 g/mol. The summed E-state index contributed by atoms with van der Waals surface area (Å²) in [7, 11) is -3.72. The molecule has 0 unspecified atom stereocenters. The number of piperazine rings is 1. The molecule has 31 heavy (non-hydrogen) atoms. The second-order valence-corrected chi connectivity index (χ2v) is 10.8. The summed E-state index contributed by atoms with van der Waals surface area (Å²) < 4.78 is 33.8. The summed E-state index contributed by atoms with van der Waals surface area (Å²) in [4.78, 5) is 18.9. The van der Waals surface area contributed by atoms with Crippen molar-refractivity contribution in [3.63, 3.8) is 0 Å². The van der Waals surface area contributed by atoms with Crippen LogP contribution < -0.4 is 0 Å². The first kappa shape index (κ1) is 21.7. The molecule has 0 N–H and O–H groups in total. The van der Waals surface area contributed by atoms with Gasteiger partial charge in [-0.2, -0.15) is 4.31 Å². The minimum absolute atomic E-state index is 0.0535. The Morgan fingerprint density at radius 3 is 2.48 bits per heavy atom. The van der Waals surface area contributed by atoms with Gasteiger partial charge in [-0.05, 0) is 36.6 Å². The summed E-state index contributed by atoms with van der Waals surface area (Å²) in [5.41, 5.74) is 2.35. The Balaban J connectivity index is 1.60. The first-order chi connectivity index (χ1) is 14.8. The normalized spacial score (nSPS) is 15.5. The molecule has 164 valence electrons. The first-order valence-electron chi connectivity index (χ1n) is 10.2. The van der Waals surface area contributed by atoms with Gasteiger partial charge in [-0.15, -0.1) is 11.3 Å². The molecule has 0 radical (unpaired) electrons. The smallest absolute Gasteiger partial charge is 0.289 e. The molecule has 2 aromatic heterocycles. The van der Waals surface area contributed by atoms with Crippen molar-refractivity contribution in [3.05, 3.63) is 58.3 Å². The highest BCUT2D eigenvalue weighted by atomic mass is 32.2. The zero-order chi connectivity index (χ0) is 22.2. The van der Waals surface area contributed by atoms with Gasteiger partial charge in [0.15, 0.2) is 5.76 Å². The van der Waals surface area contributed by atoms with Crippen LogP contribution in [0.2, 0.25) is 0 Å². The van der Waals surface area contributed by atoms with Gasteiger partial charge in [-0.3, -0.25) is 4.79 Å². The highest BCUT2D eigenvalue weighted by Crippen LogP contribution is 2.32. The third-order valence-corrected chi connectivity index (χ3v) is 8.15. The Bertz CT molecular complexity index is 1180. The van der Waals surface area contributed by atoms with Crippen molar-refractivity contribution >= 4 is 27.3 Å². The molecule has 7 nitrogen and oxygen atoms in total. The highest BCUT2D eigenvalue weighted by Gasteiger charge is 2.33. The molecule has 1 saturated heterocycles. The summed E-state index contributed by atoms with van der Waals surface area (Å²) in [6.07, 6.45) is 1.46. The number of rotatable bonds is 5. The van der Waals surface area contributed by atoms with Crippen LogP contribution in [-0.4, -0.2) is 54.7 Å². The fourth-order valence-corrected chi connectivity index (χ4v) is 6.14. The lowest BCUT2D eigenvalue weighted by atomic mass is 10.0. The topological polar surface area (TPSA) is 83.7 Å². The predicted octanol–water partition coefficient (Wildman–Crippen LogP) is 3.98. The molecule has 3 aromatic rings. The van der Waals surface area contributed by atoms with E-state index in [9.17, 15) is 13.2 Å². The van der Waals surface area contributed by atoms with Crippen molar-refractivity contribution in [2.24, 2.45) is 0 Å². The Kier molecular flexibility index (Phi) is 6.00. The number of carbonyl (C=O) groups is 1. The molecule has 1 aliphatic rings. The summed E-state index contributed by atoms with van der Waals surface area (Å²) in [5, 5.41) is 2.87. The SMILES string of the molecule is Cc1nc(-c2ccc(C(C)C)c(S(=O)(=O)N3CCN(C(=O)c4ccco4)CC3)c2)cs1. The molecule has 0 bridgehead atoms. The lowest BCUT2D eigenvalue weighted by molar-refractivity contribution is 0.0666. The minimum atomic E-state index is -3.72. The van der Waals surface area contributed by atoms with E-state index in [1.54, 1.807) is 23.1 Å². The largest absolute Gasteiger partial charge is 0.459 e. The summed E-state index contributed by atoms with van der Waals surface area (Å²) in [6, 6.07) is 8.84. The summed E-state index contributed by atoms with van der Waals surface area (Å²) in [5.74, 6) is 0.105. The number of aromatic nitrogens is 1. The molecule has 0 saturated carbocycles. The van der Waals surface area contributed by atoms with Crippen molar-refractivity contribution in [1.82, 2.24) is 14.2 Å².